The molecular formula is C11H20N2O2S. The first kappa shape index (κ1) is 13.5. The lowest BCUT2D eigenvalue weighted by atomic mass is 10.0. The number of hydrogen-bond acceptors (Lipinski definition) is 4. The molecule has 2 atom stereocenters. The lowest BCUT2D eigenvalue weighted by molar-refractivity contribution is 0.202. The molecule has 1 rings (SSSR count). The van der Waals surface area contributed by atoms with Crippen molar-refractivity contribution in [3.8, 4) is 6.07 Å². The molecule has 16 heavy (non-hydrogen) atoms. The van der Waals surface area contributed by atoms with Gasteiger partial charge in [0.05, 0.1) is 23.6 Å². The van der Waals surface area contributed by atoms with Gasteiger partial charge in [0.1, 0.15) is 0 Å². The summed E-state index contributed by atoms with van der Waals surface area (Å²) in [4.78, 5) is 1.94. The first-order valence-corrected chi connectivity index (χ1v) is 7.50. The van der Waals surface area contributed by atoms with Crippen LogP contribution in [-0.2, 0) is 9.84 Å². The van der Waals surface area contributed by atoms with Crippen LogP contribution in [0.5, 0.6) is 0 Å². The Bertz CT molecular complexity index is 370. The highest BCUT2D eigenvalue weighted by Crippen LogP contribution is 2.20. The summed E-state index contributed by atoms with van der Waals surface area (Å²) < 4.78 is 22.7. The van der Waals surface area contributed by atoms with Crippen molar-refractivity contribution >= 4 is 9.84 Å². The minimum Gasteiger partial charge on any atom is -0.287 e. The van der Waals surface area contributed by atoms with Gasteiger partial charge < -0.3 is 0 Å². The third-order valence-corrected chi connectivity index (χ3v) is 4.87. The predicted molar refractivity (Wildman–Crippen MR) is 63.7 cm³/mol. The van der Waals surface area contributed by atoms with Gasteiger partial charge in [-0.15, -0.1) is 0 Å². The first-order valence-electron chi connectivity index (χ1n) is 5.67. The van der Waals surface area contributed by atoms with Crippen molar-refractivity contribution in [3.63, 3.8) is 0 Å². The smallest absolute Gasteiger partial charge is 0.151 e. The molecule has 0 bridgehead atoms. The van der Waals surface area contributed by atoms with E-state index >= 15 is 0 Å². The van der Waals surface area contributed by atoms with Crippen molar-refractivity contribution in [1.29, 1.82) is 5.26 Å². The van der Waals surface area contributed by atoms with Crippen LogP contribution in [0.3, 0.4) is 0 Å². The maximum atomic E-state index is 11.4. The van der Waals surface area contributed by atoms with Crippen LogP contribution in [0.25, 0.3) is 0 Å². The molecule has 0 aliphatic carbocycles. The fourth-order valence-corrected chi connectivity index (χ4v) is 3.89. The van der Waals surface area contributed by atoms with Gasteiger partial charge in [-0.1, -0.05) is 13.8 Å². The molecule has 5 heteroatoms. The van der Waals surface area contributed by atoms with Crippen molar-refractivity contribution in [2.24, 2.45) is 5.92 Å². The molecule has 0 radical (unpaired) electrons. The third-order valence-electron chi connectivity index (χ3n) is 3.12. The number of sulfone groups is 1. The summed E-state index contributed by atoms with van der Waals surface area (Å²) in [7, 11) is -0.999. The summed E-state index contributed by atoms with van der Waals surface area (Å²) >= 11 is 0. The number of nitriles is 1. The van der Waals surface area contributed by atoms with Crippen LogP contribution in [0, 0.1) is 17.2 Å². The third kappa shape index (κ3) is 3.46. The molecule has 0 N–H and O–H groups in total. The molecule has 1 fully saturated rings. The molecule has 1 aliphatic heterocycles. The highest BCUT2D eigenvalue weighted by molar-refractivity contribution is 7.91. The summed E-state index contributed by atoms with van der Waals surface area (Å²) in [6.45, 7) is 4.15. The summed E-state index contributed by atoms with van der Waals surface area (Å²) in [5, 5.41) is 9.09. The van der Waals surface area contributed by atoms with Crippen molar-refractivity contribution in [2.75, 3.05) is 18.6 Å². The second-order valence-electron chi connectivity index (χ2n) is 5.00. The Labute approximate surface area is 98.2 Å². The second-order valence-corrected chi connectivity index (χ2v) is 7.23. The van der Waals surface area contributed by atoms with Crippen LogP contribution in [0.4, 0.5) is 0 Å². The molecule has 1 saturated heterocycles. The van der Waals surface area contributed by atoms with Crippen molar-refractivity contribution < 1.29 is 8.42 Å². The standard InChI is InChI=1S/C11H20N2O2S/c1-9(2)6-11(7-12)13(3)10-4-5-16(14,15)8-10/h9-11H,4-6,8H2,1-3H3. The molecular weight excluding hydrogens is 224 g/mol. The van der Waals surface area contributed by atoms with Gasteiger partial charge in [-0.3, -0.25) is 4.90 Å². The highest BCUT2D eigenvalue weighted by Gasteiger charge is 2.33. The minimum absolute atomic E-state index is 0.0217. The van der Waals surface area contributed by atoms with E-state index in [0.717, 1.165) is 6.42 Å². The lowest BCUT2D eigenvalue weighted by Gasteiger charge is -2.28. The Balaban J connectivity index is 2.63. The molecule has 0 amide bonds. The zero-order valence-corrected chi connectivity index (χ0v) is 11.0. The average Bonchev–Trinajstić information content (AvgIpc) is 2.54. The Morgan fingerprint density at radius 2 is 2.12 bits per heavy atom. The predicted octanol–water partition coefficient (Wildman–Crippen LogP) is 1.04. The van der Waals surface area contributed by atoms with Crippen LogP contribution in [0.1, 0.15) is 26.7 Å². The van der Waals surface area contributed by atoms with Crippen molar-refractivity contribution in [1.82, 2.24) is 4.90 Å². The van der Waals surface area contributed by atoms with Crippen LogP contribution >= 0.6 is 0 Å². The van der Waals surface area contributed by atoms with Crippen molar-refractivity contribution in [3.05, 3.63) is 0 Å². The fourth-order valence-electron chi connectivity index (χ4n) is 2.11. The van der Waals surface area contributed by atoms with E-state index in [9.17, 15) is 8.42 Å². The number of rotatable bonds is 4. The lowest BCUT2D eigenvalue weighted by Crippen LogP contribution is -2.40. The Morgan fingerprint density at radius 1 is 1.50 bits per heavy atom. The largest absolute Gasteiger partial charge is 0.287 e. The Hall–Kier alpha value is -0.600. The summed E-state index contributed by atoms with van der Waals surface area (Å²) in [6, 6.07) is 2.12. The Kier molecular flexibility index (Phi) is 4.34. The zero-order chi connectivity index (χ0) is 12.3. The zero-order valence-electron chi connectivity index (χ0n) is 10.2. The Morgan fingerprint density at radius 3 is 2.50 bits per heavy atom. The van der Waals surface area contributed by atoms with E-state index in [1.54, 1.807) is 0 Å². The summed E-state index contributed by atoms with van der Waals surface area (Å²) in [5.74, 6) is 0.923. The van der Waals surface area contributed by atoms with Gasteiger partial charge >= 0.3 is 0 Å². The van der Waals surface area contributed by atoms with Gasteiger partial charge in [0.15, 0.2) is 9.84 Å². The summed E-state index contributed by atoms with van der Waals surface area (Å²) in [5.41, 5.74) is 0. The topological polar surface area (TPSA) is 61.2 Å². The molecule has 92 valence electrons. The first-order chi connectivity index (χ1) is 7.35. The van der Waals surface area contributed by atoms with Gasteiger partial charge in [0.25, 0.3) is 0 Å². The minimum atomic E-state index is -2.86. The molecule has 0 aromatic carbocycles. The molecule has 1 heterocycles. The molecule has 1 aliphatic rings. The molecule has 0 aromatic rings. The van der Waals surface area contributed by atoms with E-state index in [-0.39, 0.29) is 23.6 Å². The molecule has 0 spiro atoms. The SMILES string of the molecule is CC(C)CC(C#N)N(C)C1CCS(=O)(=O)C1. The van der Waals surface area contributed by atoms with Gasteiger partial charge in [0, 0.05) is 6.04 Å². The second kappa shape index (κ2) is 5.15. The average molecular weight is 244 g/mol. The quantitative estimate of drug-likeness (QED) is 0.741. The van der Waals surface area contributed by atoms with E-state index in [2.05, 4.69) is 19.9 Å². The summed E-state index contributed by atoms with van der Waals surface area (Å²) in [6.07, 6.45) is 1.46. The van der Waals surface area contributed by atoms with Crippen LogP contribution in [0.15, 0.2) is 0 Å². The maximum Gasteiger partial charge on any atom is 0.151 e. The van der Waals surface area contributed by atoms with Crippen molar-refractivity contribution in [2.45, 2.75) is 38.8 Å². The number of nitrogens with zero attached hydrogens (tertiary/aromatic N) is 2. The molecule has 4 nitrogen and oxygen atoms in total. The van der Waals surface area contributed by atoms with Crippen LogP contribution in [-0.4, -0.2) is 44.0 Å². The normalized spacial score (nSPS) is 25.9. The molecule has 2 unspecified atom stereocenters. The van der Waals surface area contributed by atoms with E-state index in [1.165, 1.54) is 0 Å². The van der Waals surface area contributed by atoms with Crippen LogP contribution < -0.4 is 0 Å². The highest BCUT2D eigenvalue weighted by atomic mass is 32.2. The van der Waals surface area contributed by atoms with Gasteiger partial charge in [-0.05, 0) is 25.8 Å². The van der Waals surface area contributed by atoms with E-state index in [0.29, 0.717) is 12.3 Å². The van der Waals surface area contributed by atoms with E-state index < -0.39 is 9.84 Å². The van der Waals surface area contributed by atoms with Gasteiger partial charge in [-0.25, -0.2) is 8.42 Å². The van der Waals surface area contributed by atoms with Gasteiger partial charge in [-0.2, -0.15) is 5.26 Å². The van der Waals surface area contributed by atoms with Crippen LogP contribution in [0.2, 0.25) is 0 Å². The number of hydrogen-bond donors (Lipinski definition) is 0. The van der Waals surface area contributed by atoms with Gasteiger partial charge in [0.2, 0.25) is 0 Å². The fraction of sp³-hybridized carbons (Fsp3) is 0.909. The monoisotopic (exact) mass is 244 g/mol. The molecule has 0 saturated carbocycles. The van der Waals surface area contributed by atoms with E-state index in [1.807, 2.05) is 11.9 Å². The maximum absolute atomic E-state index is 11.4. The van der Waals surface area contributed by atoms with E-state index in [4.69, 9.17) is 5.26 Å². The molecule has 0 aromatic heterocycles.